The van der Waals surface area contributed by atoms with Crippen LogP contribution in [-0.4, -0.2) is 0 Å². The Labute approximate surface area is 64.0 Å². The summed E-state index contributed by atoms with van der Waals surface area (Å²) in [5.41, 5.74) is 0.727. The zero-order valence-electron chi connectivity index (χ0n) is 7.35. The van der Waals surface area contributed by atoms with Crippen LogP contribution in [0.2, 0.25) is 0 Å². The molecule has 0 N–H and O–H groups in total. The van der Waals surface area contributed by atoms with Gasteiger partial charge in [0.1, 0.15) is 0 Å². The molecule has 0 radical (unpaired) electrons. The van der Waals surface area contributed by atoms with Crippen molar-refractivity contribution in [3.63, 3.8) is 0 Å². The fraction of sp³-hybridized carbons (Fsp3) is 1.00. The molecule has 0 aromatic rings. The Morgan fingerprint density at radius 1 is 1.10 bits per heavy atom. The maximum Gasteiger partial charge on any atom is -0.0292 e. The topological polar surface area (TPSA) is 0 Å². The van der Waals surface area contributed by atoms with Gasteiger partial charge in [-0.2, -0.15) is 0 Å². The van der Waals surface area contributed by atoms with Crippen molar-refractivity contribution in [2.24, 2.45) is 23.2 Å². The molecule has 0 saturated heterocycles. The van der Waals surface area contributed by atoms with Crippen molar-refractivity contribution in [3.05, 3.63) is 0 Å². The van der Waals surface area contributed by atoms with Crippen LogP contribution >= 0.6 is 0 Å². The number of fused-ring (bicyclic) bond motifs is 1. The molecule has 0 amide bonds. The summed E-state index contributed by atoms with van der Waals surface area (Å²) in [6, 6.07) is 0. The predicted molar refractivity (Wildman–Crippen MR) is 43.8 cm³/mol. The van der Waals surface area contributed by atoms with Crippen LogP contribution < -0.4 is 0 Å². The summed E-state index contributed by atoms with van der Waals surface area (Å²) in [4.78, 5) is 0. The number of rotatable bonds is 0. The van der Waals surface area contributed by atoms with E-state index >= 15 is 0 Å². The maximum atomic E-state index is 2.44. The maximum absolute atomic E-state index is 2.44. The fourth-order valence-corrected chi connectivity index (χ4v) is 2.91. The molecule has 0 spiro atoms. The van der Waals surface area contributed by atoms with E-state index < -0.39 is 0 Å². The summed E-state index contributed by atoms with van der Waals surface area (Å²) in [7, 11) is 0. The second-order valence-electron chi connectivity index (χ2n) is 4.95. The van der Waals surface area contributed by atoms with E-state index in [0.717, 1.165) is 23.2 Å². The van der Waals surface area contributed by atoms with E-state index in [-0.39, 0.29) is 0 Å². The van der Waals surface area contributed by atoms with E-state index in [1.165, 1.54) is 19.3 Å². The Bertz CT molecular complexity index is 146. The fourth-order valence-electron chi connectivity index (χ4n) is 2.91. The Hall–Kier alpha value is 0. The van der Waals surface area contributed by atoms with Crippen molar-refractivity contribution < 1.29 is 0 Å². The third-order valence-electron chi connectivity index (χ3n) is 3.91. The molecule has 2 fully saturated rings. The molecule has 0 heteroatoms. The first-order valence-electron chi connectivity index (χ1n) is 4.62. The Morgan fingerprint density at radius 3 is 2.30 bits per heavy atom. The van der Waals surface area contributed by atoms with Gasteiger partial charge in [0.2, 0.25) is 0 Å². The molecule has 0 aromatic heterocycles. The number of hydrogen-bond donors (Lipinski definition) is 0. The zero-order chi connectivity index (χ0) is 7.35. The van der Waals surface area contributed by atoms with Gasteiger partial charge >= 0.3 is 0 Å². The highest BCUT2D eigenvalue weighted by Crippen LogP contribution is 2.65. The highest BCUT2D eigenvalue weighted by atomic mass is 14.6. The second-order valence-corrected chi connectivity index (χ2v) is 4.95. The van der Waals surface area contributed by atoms with Gasteiger partial charge in [0, 0.05) is 0 Å². The molecule has 0 aromatic carbocycles. The highest BCUT2D eigenvalue weighted by Gasteiger charge is 2.58. The van der Waals surface area contributed by atoms with Crippen molar-refractivity contribution in [2.45, 2.75) is 40.0 Å². The van der Waals surface area contributed by atoms with E-state index in [2.05, 4.69) is 20.8 Å². The lowest BCUT2D eigenvalue weighted by Crippen LogP contribution is -2.03. The molecular formula is C10H18. The first-order chi connectivity index (χ1) is 4.62. The predicted octanol–water partition coefficient (Wildman–Crippen LogP) is 3.08. The first kappa shape index (κ1) is 6.69. The molecule has 1 unspecified atom stereocenters. The molecule has 10 heavy (non-hydrogen) atoms. The van der Waals surface area contributed by atoms with Gasteiger partial charge in [-0.25, -0.2) is 0 Å². The largest absolute Gasteiger partial charge is 0.0625 e. The molecule has 58 valence electrons. The van der Waals surface area contributed by atoms with Crippen LogP contribution in [-0.2, 0) is 0 Å². The summed E-state index contributed by atoms with van der Waals surface area (Å²) in [5, 5.41) is 0. The summed E-state index contributed by atoms with van der Waals surface area (Å²) in [6.07, 6.45) is 4.51. The highest BCUT2D eigenvalue weighted by molar-refractivity contribution is 5.07. The van der Waals surface area contributed by atoms with Gasteiger partial charge in [-0.1, -0.05) is 27.2 Å². The summed E-state index contributed by atoms with van der Waals surface area (Å²) in [6.45, 7) is 7.30. The minimum atomic E-state index is 0.727. The van der Waals surface area contributed by atoms with Crippen LogP contribution in [0.5, 0.6) is 0 Å². The van der Waals surface area contributed by atoms with Crippen molar-refractivity contribution in [2.75, 3.05) is 0 Å². The van der Waals surface area contributed by atoms with Gasteiger partial charge in [-0.15, -0.1) is 0 Å². The summed E-state index contributed by atoms with van der Waals surface area (Å²) < 4.78 is 0. The van der Waals surface area contributed by atoms with Crippen LogP contribution in [0.25, 0.3) is 0 Å². The van der Waals surface area contributed by atoms with E-state index in [0.29, 0.717) is 0 Å². The molecule has 3 atom stereocenters. The second kappa shape index (κ2) is 1.78. The monoisotopic (exact) mass is 138 g/mol. The van der Waals surface area contributed by atoms with Crippen LogP contribution in [0, 0.1) is 23.2 Å². The summed E-state index contributed by atoms with van der Waals surface area (Å²) in [5.74, 6) is 3.21. The number of hydrogen-bond acceptors (Lipinski definition) is 0. The molecule has 0 bridgehead atoms. The molecule has 2 aliphatic rings. The molecule has 0 aliphatic heterocycles. The molecule has 2 aliphatic carbocycles. The van der Waals surface area contributed by atoms with Gasteiger partial charge in [0.25, 0.3) is 0 Å². The van der Waals surface area contributed by atoms with Gasteiger partial charge < -0.3 is 0 Å². The van der Waals surface area contributed by atoms with E-state index in [1.54, 1.807) is 0 Å². The van der Waals surface area contributed by atoms with Crippen LogP contribution in [0.1, 0.15) is 40.0 Å². The SMILES string of the molecule is CC1CC[C@@H]2[C@H](C1)C2(C)C. The van der Waals surface area contributed by atoms with E-state index in [4.69, 9.17) is 0 Å². The smallest absolute Gasteiger partial charge is 0.0292 e. The standard InChI is InChI=1S/C10H18/c1-7-4-5-8-9(6-7)10(8,2)3/h7-9H,4-6H2,1-3H3/t7?,8-,9+/m1/s1. The average molecular weight is 138 g/mol. The van der Waals surface area contributed by atoms with Crippen molar-refractivity contribution in [3.8, 4) is 0 Å². The molecule has 2 saturated carbocycles. The van der Waals surface area contributed by atoms with E-state index in [1.807, 2.05) is 0 Å². The zero-order valence-corrected chi connectivity index (χ0v) is 7.35. The van der Waals surface area contributed by atoms with Crippen molar-refractivity contribution in [1.29, 1.82) is 0 Å². The summed E-state index contributed by atoms with van der Waals surface area (Å²) >= 11 is 0. The van der Waals surface area contributed by atoms with Gasteiger partial charge in [-0.3, -0.25) is 0 Å². The minimum absolute atomic E-state index is 0.727. The quantitative estimate of drug-likeness (QED) is 0.482. The molecular weight excluding hydrogens is 120 g/mol. The van der Waals surface area contributed by atoms with Crippen molar-refractivity contribution >= 4 is 0 Å². The Balaban J connectivity index is 2.04. The Kier molecular flexibility index (Phi) is 1.19. The van der Waals surface area contributed by atoms with Gasteiger partial charge in [-0.05, 0) is 36.0 Å². The first-order valence-corrected chi connectivity index (χ1v) is 4.62. The van der Waals surface area contributed by atoms with Gasteiger partial charge in [0.05, 0.1) is 0 Å². The Morgan fingerprint density at radius 2 is 1.80 bits per heavy atom. The molecule has 2 rings (SSSR count). The third-order valence-corrected chi connectivity index (χ3v) is 3.91. The minimum Gasteiger partial charge on any atom is -0.0625 e. The lowest BCUT2D eigenvalue weighted by Gasteiger charge is -2.15. The molecule has 0 nitrogen and oxygen atoms in total. The molecule has 0 heterocycles. The average Bonchev–Trinajstić information content (AvgIpc) is 2.36. The van der Waals surface area contributed by atoms with Crippen LogP contribution in [0.4, 0.5) is 0 Å². The third kappa shape index (κ3) is 0.741. The lowest BCUT2D eigenvalue weighted by atomic mass is 9.91. The van der Waals surface area contributed by atoms with E-state index in [9.17, 15) is 0 Å². The van der Waals surface area contributed by atoms with Crippen molar-refractivity contribution in [1.82, 2.24) is 0 Å². The van der Waals surface area contributed by atoms with Crippen LogP contribution in [0.15, 0.2) is 0 Å². The normalized spacial score (nSPS) is 50.1. The van der Waals surface area contributed by atoms with Gasteiger partial charge in [0.15, 0.2) is 0 Å². The van der Waals surface area contributed by atoms with Crippen LogP contribution in [0.3, 0.4) is 0 Å². The lowest BCUT2D eigenvalue weighted by molar-refractivity contribution is 0.367.